The summed E-state index contributed by atoms with van der Waals surface area (Å²) in [5.41, 5.74) is 9.39. The molecule has 2 atom stereocenters. The predicted octanol–water partition coefficient (Wildman–Crippen LogP) is 4.00. The molecule has 3 heteroatoms. The lowest BCUT2D eigenvalue weighted by molar-refractivity contribution is -0.119. The average molecular weight is 288 g/mol. The molecule has 1 aliphatic carbocycles. The Hall–Kier alpha value is -1.35. The van der Waals surface area contributed by atoms with Crippen molar-refractivity contribution in [2.75, 3.05) is 5.32 Å². The van der Waals surface area contributed by atoms with E-state index < -0.39 is 0 Å². The van der Waals surface area contributed by atoms with Crippen LogP contribution in [-0.2, 0) is 4.79 Å². The Balaban J connectivity index is 2.27. The maximum Gasteiger partial charge on any atom is 0.227 e. The van der Waals surface area contributed by atoms with Gasteiger partial charge in [0.1, 0.15) is 0 Å². The van der Waals surface area contributed by atoms with Gasteiger partial charge in [0, 0.05) is 17.6 Å². The molecule has 3 nitrogen and oxygen atoms in total. The molecule has 1 fully saturated rings. The van der Waals surface area contributed by atoms with Crippen molar-refractivity contribution < 1.29 is 4.79 Å². The van der Waals surface area contributed by atoms with Crippen LogP contribution in [0, 0.1) is 5.92 Å². The second kappa shape index (κ2) is 6.61. The minimum Gasteiger partial charge on any atom is -0.328 e. The van der Waals surface area contributed by atoms with Crippen LogP contribution in [0.3, 0.4) is 0 Å². The number of carbonyl (C=O) groups is 1. The highest BCUT2D eigenvalue weighted by molar-refractivity contribution is 5.94. The summed E-state index contributed by atoms with van der Waals surface area (Å²) < 4.78 is 0. The number of hydrogen-bond acceptors (Lipinski definition) is 2. The maximum atomic E-state index is 12.5. The molecule has 116 valence electrons. The van der Waals surface area contributed by atoms with Crippen LogP contribution in [0.15, 0.2) is 18.2 Å². The molecule has 0 heterocycles. The lowest BCUT2D eigenvalue weighted by atomic mass is 9.92. The van der Waals surface area contributed by atoms with Crippen LogP contribution in [0.2, 0.25) is 0 Å². The molecule has 0 bridgehead atoms. The smallest absolute Gasteiger partial charge is 0.227 e. The first-order chi connectivity index (χ1) is 9.90. The second-order valence-corrected chi connectivity index (χ2v) is 6.88. The molecule has 1 saturated carbocycles. The van der Waals surface area contributed by atoms with Crippen molar-refractivity contribution in [1.29, 1.82) is 0 Å². The monoisotopic (exact) mass is 288 g/mol. The summed E-state index contributed by atoms with van der Waals surface area (Å²) in [6.45, 7) is 8.67. The van der Waals surface area contributed by atoms with Crippen molar-refractivity contribution in [3.8, 4) is 0 Å². The van der Waals surface area contributed by atoms with Gasteiger partial charge in [-0.05, 0) is 42.2 Å². The van der Waals surface area contributed by atoms with Gasteiger partial charge in [0.15, 0.2) is 0 Å². The van der Waals surface area contributed by atoms with Gasteiger partial charge < -0.3 is 11.1 Å². The highest BCUT2D eigenvalue weighted by atomic mass is 16.1. The minimum absolute atomic E-state index is 0.0697. The maximum absolute atomic E-state index is 12.5. The highest BCUT2D eigenvalue weighted by Gasteiger charge is 2.28. The number of rotatable bonds is 4. The Morgan fingerprint density at radius 1 is 1.14 bits per heavy atom. The van der Waals surface area contributed by atoms with Crippen LogP contribution in [0.5, 0.6) is 0 Å². The van der Waals surface area contributed by atoms with Crippen LogP contribution in [0.4, 0.5) is 5.69 Å². The van der Waals surface area contributed by atoms with Gasteiger partial charge in [0.2, 0.25) is 5.91 Å². The molecule has 2 rings (SSSR count). The van der Waals surface area contributed by atoms with E-state index in [1.165, 1.54) is 11.1 Å². The number of nitrogens with one attached hydrogen (secondary N) is 1. The first-order valence-electron chi connectivity index (χ1n) is 8.09. The molecule has 0 radical (unpaired) electrons. The Bertz CT molecular complexity index is 482. The lowest BCUT2D eigenvalue weighted by Gasteiger charge is -2.21. The molecule has 3 N–H and O–H groups in total. The van der Waals surface area contributed by atoms with E-state index in [0.717, 1.165) is 24.9 Å². The molecule has 0 aliphatic heterocycles. The Morgan fingerprint density at radius 3 is 2.14 bits per heavy atom. The molecule has 1 amide bonds. The number of nitrogens with two attached hydrogens (primary N) is 1. The van der Waals surface area contributed by atoms with Crippen molar-refractivity contribution in [2.45, 2.75) is 64.8 Å². The number of para-hydroxylation sites is 1. The summed E-state index contributed by atoms with van der Waals surface area (Å²) in [4.78, 5) is 12.5. The van der Waals surface area contributed by atoms with E-state index in [0.29, 0.717) is 11.8 Å². The summed E-state index contributed by atoms with van der Waals surface area (Å²) in [6.07, 6.45) is 2.68. The summed E-state index contributed by atoms with van der Waals surface area (Å²) in [7, 11) is 0. The zero-order chi connectivity index (χ0) is 15.6. The first kappa shape index (κ1) is 16.0. The largest absolute Gasteiger partial charge is 0.328 e. The van der Waals surface area contributed by atoms with Crippen molar-refractivity contribution in [2.24, 2.45) is 11.7 Å². The molecule has 0 aromatic heterocycles. The molecule has 21 heavy (non-hydrogen) atoms. The zero-order valence-electron chi connectivity index (χ0n) is 13.6. The van der Waals surface area contributed by atoms with E-state index in [4.69, 9.17) is 5.73 Å². The van der Waals surface area contributed by atoms with Gasteiger partial charge in [0.25, 0.3) is 0 Å². The molecule has 1 aromatic rings. The quantitative estimate of drug-likeness (QED) is 0.880. The fraction of sp³-hybridized carbons (Fsp3) is 0.611. The van der Waals surface area contributed by atoms with Gasteiger partial charge in [0.05, 0.1) is 0 Å². The van der Waals surface area contributed by atoms with Crippen LogP contribution in [0.25, 0.3) is 0 Å². The normalized spacial score (nSPS) is 22.0. The van der Waals surface area contributed by atoms with Crippen molar-refractivity contribution in [3.05, 3.63) is 29.3 Å². The molecule has 1 aromatic carbocycles. The number of carbonyl (C=O) groups excluding carboxylic acids is 1. The fourth-order valence-corrected chi connectivity index (χ4v) is 3.18. The third-order valence-electron chi connectivity index (χ3n) is 4.47. The third-order valence-corrected chi connectivity index (χ3v) is 4.47. The first-order valence-corrected chi connectivity index (χ1v) is 8.09. The van der Waals surface area contributed by atoms with Gasteiger partial charge in [-0.1, -0.05) is 45.9 Å². The lowest BCUT2D eigenvalue weighted by Crippen LogP contribution is -2.24. The average Bonchev–Trinajstić information content (AvgIpc) is 2.85. The fourth-order valence-electron chi connectivity index (χ4n) is 3.18. The number of amides is 1. The van der Waals surface area contributed by atoms with E-state index in [1.807, 2.05) is 0 Å². The third kappa shape index (κ3) is 3.65. The zero-order valence-corrected chi connectivity index (χ0v) is 13.6. The molecular weight excluding hydrogens is 260 g/mol. The van der Waals surface area contributed by atoms with E-state index >= 15 is 0 Å². The number of benzene rings is 1. The van der Waals surface area contributed by atoms with E-state index in [-0.39, 0.29) is 17.9 Å². The standard InChI is InChI=1S/C18H28N2O/c1-11(2)15-6-5-7-16(12(3)4)17(15)20-18(21)13-8-9-14(19)10-13/h5-7,11-14H,8-10,19H2,1-4H3,(H,20,21). The summed E-state index contributed by atoms with van der Waals surface area (Å²) in [6, 6.07) is 6.51. The van der Waals surface area contributed by atoms with Gasteiger partial charge >= 0.3 is 0 Å². The van der Waals surface area contributed by atoms with Crippen LogP contribution < -0.4 is 11.1 Å². The molecular formula is C18H28N2O. The SMILES string of the molecule is CC(C)c1cccc(C(C)C)c1NC(=O)C1CCC(N)C1. The van der Waals surface area contributed by atoms with Crippen LogP contribution in [-0.4, -0.2) is 11.9 Å². The summed E-state index contributed by atoms with van der Waals surface area (Å²) >= 11 is 0. The van der Waals surface area contributed by atoms with Gasteiger partial charge in [-0.25, -0.2) is 0 Å². The summed E-state index contributed by atoms with van der Waals surface area (Å²) in [5.74, 6) is 0.993. The van der Waals surface area contributed by atoms with Crippen molar-refractivity contribution >= 4 is 11.6 Å². The van der Waals surface area contributed by atoms with Crippen molar-refractivity contribution in [1.82, 2.24) is 0 Å². The highest BCUT2D eigenvalue weighted by Crippen LogP contribution is 2.34. The van der Waals surface area contributed by atoms with Crippen LogP contribution >= 0.6 is 0 Å². The topological polar surface area (TPSA) is 55.1 Å². The second-order valence-electron chi connectivity index (χ2n) is 6.88. The van der Waals surface area contributed by atoms with Crippen LogP contribution in [0.1, 0.15) is 69.9 Å². The number of hydrogen-bond donors (Lipinski definition) is 2. The molecule has 0 spiro atoms. The van der Waals surface area contributed by atoms with E-state index in [1.54, 1.807) is 0 Å². The molecule has 2 unspecified atom stereocenters. The Morgan fingerprint density at radius 2 is 1.71 bits per heavy atom. The predicted molar refractivity (Wildman–Crippen MR) is 88.6 cm³/mol. The van der Waals surface area contributed by atoms with Gasteiger partial charge in [-0.3, -0.25) is 4.79 Å². The van der Waals surface area contributed by atoms with Crippen molar-refractivity contribution in [3.63, 3.8) is 0 Å². The summed E-state index contributed by atoms with van der Waals surface area (Å²) in [5, 5.41) is 3.21. The Labute approximate surface area is 128 Å². The number of anilines is 1. The Kier molecular flexibility index (Phi) is 5.04. The van der Waals surface area contributed by atoms with Gasteiger partial charge in [-0.15, -0.1) is 0 Å². The minimum atomic E-state index is 0.0697. The van der Waals surface area contributed by atoms with E-state index in [2.05, 4.69) is 51.2 Å². The molecule has 1 aliphatic rings. The van der Waals surface area contributed by atoms with Gasteiger partial charge in [-0.2, -0.15) is 0 Å². The molecule has 0 saturated heterocycles. The van der Waals surface area contributed by atoms with E-state index in [9.17, 15) is 4.79 Å².